The van der Waals surface area contributed by atoms with E-state index in [2.05, 4.69) is 6.92 Å². The van der Waals surface area contributed by atoms with Crippen molar-refractivity contribution in [2.24, 2.45) is 0 Å². The maximum absolute atomic E-state index is 10.5. The van der Waals surface area contributed by atoms with Crippen molar-refractivity contribution in [1.29, 1.82) is 0 Å². The van der Waals surface area contributed by atoms with Gasteiger partial charge in [0.2, 0.25) is 0 Å². The standard InChI is InChI=1S/C14H29O3S/c1-2-3-4-5-6-7-8-9-10-11-12-13-14-18(15,16)17/h1-14H2,(H,15,16,17). The number of unbranched alkanes of at least 4 members (excludes halogenated alkanes) is 11. The maximum Gasteiger partial charge on any atom is 0.264 e. The second-order valence-electron chi connectivity index (χ2n) is 5.03. The molecular weight excluding hydrogens is 248 g/mol. The predicted molar refractivity (Wildman–Crippen MR) is 77.2 cm³/mol. The van der Waals surface area contributed by atoms with E-state index in [4.69, 9.17) is 4.55 Å². The first-order chi connectivity index (χ1) is 8.56. The molecule has 0 unspecified atom stereocenters. The molecule has 1 N–H and O–H groups in total. The van der Waals surface area contributed by atoms with Crippen molar-refractivity contribution in [3.8, 4) is 0 Å². The fourth-order valence-electron chi connectivity index (χ4n) is 2.05. The summed E-state index contributed by atoms with van der Waals surface area (Å²) in [6.07, 6.45) is 13.9. The molecule has 0 atom stereocenters. The lowest BCUT2D eigenvalue weighted by Gasteiger charge is -2.02. The first-order valence-electron chi connectivity index (χ1n) is 7.30. The van der Waals surface area contributed by atoms with Gasteiger partial charge in [0.1, 0.15) is 0 Å². The zero-order valence-electron chi connectivity index (χ0n) is 11.6. The lowest BCUT2D eigenvalue weighted by molar-refractivity contribution is 0.478. The van der Waals surface area contributed by atoms with E-state index >= 15 is 0 Å². The van der Waals surface area contributed by atoms with E-state index in [1.165, 1.54) is 51.4 Å². The topological polar surface area (TPSA) is 54.4 Å². The van der Waals surface area contributed by atoms with Crippen LogP contribution >= 0.6 is 0 Å². The highest BCUT2D eigenvalue weighted by Gasteiger charge is 2.02. The Morgan fingerprint density at radius 1 is 0.667 bits per heavy atom. The Kier molecular flexibility index (Phi) is 11.9. The van der Waals surface area contributed by atoms with Gasteiger partial charge in [-0.3, -0.25) is 4.55 Å². The molecule has 1 radical (unpaired) electrons. The molecule has 0 aliphatic heterocycles. The Morgan fingerprint density at radius 2 is 1.00 bits per heavy atom. The minimum Gasteiger partial charge on any atom is -0.286 e. The van der Waals surface area contributed by atoms with Crippen molar-refractivity contribution in [3.63, 3.8) is 0 Å². The molecule has 4 heteroatoms. The van der Waals surface area contributed by atoms with Crippen LogP contribution in [0.25, 0.3) is 0 Å². The van der Waals surface area contributed by atoms with Crippen LogP contribution in [0.15, 0.2) is 0 Å². The lowest BCUT2D eigenvalue weighted by Crippen LogP contribution is -2.03. The Morgan fingerprint density at radius 3 is 1.33 bits per heavy atom. The van der Waals surface area contributed by atoms with Gasteiger partial charge in [0.15, 0.2) is 0 Å². The quantitative estimate of drug-likeness (QED) is 0.401. The average Bonchev–Trinajstić information content (AvgIpc) is 2.29. The molecular formula is C14H29O3S. The molecule has 0 amide bonds. The Balaban J connectivity index is 3.03. The van der Waals surface area contributed by atoms with Gasteiger partial charge in [0, 0.05) is 0 Å². The van der Waals surface area contributed by atoms with E-state index in [-0.39, 0.29) is 5.75 Å². The summed E-state index contributed by atoms with van der Waals surface area (Å²) in [6, 6.07) is 0. The van der Waals surface area contributed by atoms with Crippen LogP contribution in [0.3, 0.4) is 0 Å². The van der Waals surface area contributed by atoms with E-state index in [1.807, 2.05) is 0 Å². The van der Waals surface area contributed by atoms with Crippen molar-refractivity contribution in [2.75, 3.05) is 5.75 Å². The third kappa shape index (κ3) is 15.9. The van der Waals surface area contributed by atoms with Crippen LogP contribution < -0.4 is 0 Å². The first-order valence-corrected chi connectivity index (χ1v) is 8.91. The summed E-state index contributed by atoms with van der Waals surface area (Å²) in [5, 5.41) is 0. The van der Waals surface area contributed by atoms with Crippen LogP contribution in [0.5, 0.6) is 0 Å². The molecule has 0 aromatic rings. The molecule has 0 fully saturated rings. The van der Waals surface area contributed by atoms with Crippen molar-refractivity contribution in [1.82, 2.24) is 0 Å². The molecule has 3 nitrogen and oxygen atoms in total. The fourth-order valence-corrected chi connectivity index (χ4v) is 2.62. The van der Waals surface area contributed by atoms with Gasteiger partial charge in [-0.2, -0.15) is 8.42 Å². The molecule has 0 spiro atoms. The van der Waals surface area contributed by atoms with Crippen LogP contribution in [0.2, 0.25) is 0 Å². The molecule has 0 aromatic heterocycles. The van der Waals surface area contributed by atoms with Crippen molar-refractivity contribution in [2.45, 2.75) is 77.0 Å². The monoisotopic (exact) mass is 277 g/mol. The summed E-state index contributed by atoms with van der Waals surface area (Å²) >= 11 is 0. The van der Waals surface area contributed by atoms with Gasteiger partial charge in [-0.1, -0.05) is 77.6 Å². The third-order valence-electron chi connectivity index (χ3n) is 3.15. The second kappa shape index (κ2) is 12.0. The molecule has 0 saturated heterocycles. The van der Waals surface area contributed by atoms with Gasteiger partial charge in [0.25, 0.3) is 10.1 Å². The van der Waals surface area contributed by atoms with Crippen LogP contribution in [-0.4, -0.2) is 18.7 Å². The normalized spacial score (nSPS) is 11.9. The van der Waals surface area contributed by atoms with Gasteiger partial charge in [-0.15, -0.1) is 0 Å². The molecule has 109 valence electrons. The Labute approximate surface area is 113 Å². The SMILES string of the molecule is [CH2]CCCCCCCCCCCCCS(=O)(=O)O. The van der Waals surface area contributed by atoms with Crippen molar-refractivity contribution in [3.05, 3.63) is 6.92 Å². The summed E-state index contributed by atoms with van der Waals surface area (Å²) in [5.41, 5.74) is 0. The van der Waals surface area contributed by atoms with Gasteiger partial charge >= 0.3 is 0 Å². The highest BCUT2D eigenvalue weighted by atomic mass is 32.2. The minimum absolute atomic E-state index is 0.0840. The van der Waals surface area contributed by atoms with Gasteiger partial charge in [-0.05, 0) is 6.42 Å². The van der Waals surface area contributed by atoms with Gasteiger partial charge < -0.3 is 0 Å². The van der Waals surface area contributed by atoms with Crippen LogP contribution in [0.4, 0.5) is 0 Å². The molecule has 0 aromatic carbocycles. The van der Waals surface area contributed by atoms with E-state index in [9.17, 15) is 8.42 Å². The maximum atomic E-state index is 10.5. The Bertz CT molecular complexity index is 260. The molecule has 0 heterocycles. The Hall–Kier alpha value is -0.0900. The van der Waals surface area contributed by atoms with Crippen LogP contribution in [0.1, 0.15) is 77.0 Å². The van der Waals surface area contributed by atoms with Crippen LogP contribution in [-0.2, 0) is 10.1 Å². The zero-order chi connectivity index (χ0) is 13.7. The fraction of sp³-hybridized carbons (Fsp3) is 0.929. The molecule has 18 heavy (non-hydrogen) atoms. The smallest absolute Gasteiger partial charge is 0.264 e. The predicted octanol–water partition coefficient (Wildman–Crippen LogP) is 4.39. The molecule has 0 aliphatic carbocycles. The zero-order valence-corrected chi connectivity index (χ0v) is 12.4. The molecule has 0 saturated carbocycles. The summed E-state index contributed by atoms with van der Waals surface area (Å²) in [6.45, 7) is 3.83. The van der Waals surface area contributed by atoms with Gasteiger partial charge in [-0.25, -0.2) is 0 Å². The van der Waals surface area contributed by atoms with E-state index in [0.717, 1.165) is 19.3 Å². The second-order valence-corrected chi connectivity index (χ2v) is 6.60. The van der Waals surface area contributed by atoms with Crippen LogP contribution in [0, 0.1) is 6.92 Å². The number of hydrogen-bond acceptors (Lipinski definition) is 2. The molecule has 0 bridgehead atoms. The van der Waals surface area contributed by atoms with E-state index < -0.39 is 10.1 Å². The lowest BCUT2D eigenvalue weighted by atomic mass is 10.1. The highest BCUT2D eigenvalue weighted by Crippen LogP contribution is 2.11. The highest BCUT2D eigenvalue weighted by molar-refractivity contribution is 7.85. The van der Waals surface area contributed by atoms with E-state index in [1.54, 1.807) is 0 Å². The molecule has 0 aliphatic rings. The van der Waals surface area contributed by atoms with E-state index in [0.29, 0.717) is 6.42 Å². The first kappa shape index (κ1) is 17.9. The average molecular weight is 277 g/mol. The number of rotatable bonds is 13. The van der Waals surface area contributed by atoms with Gasteiger partial charge in [0.05, 0.1) is 5.75 Å². The minimum atomic E-state index is -3.74. The summed E-state index contributed by atoms with van der Waals surface area (Å²) < 4.78 is 29.5. The number of hydrogen-bond donors (Lipinski definition) is 1. The summed E-state index contributed by atoms with van der Waals surface area (Å²) in [4.78, 5) is 0. The third-order valence-corrected chi connectivity index (χ3v) is 3.96. The largest absolute Gasteiger partial charge is 0.286 e. The summed E-state index contributed by atoms with van der Waals surface area (Å²) in [5.74, 6) is -0.0840. The van der Waals surface area contributed by atoms with Crippen molar-refractivity contribution < 1.29 is 13.0 Å². The molecule has 0 rings (SSSR count). The summed E-state index contributed by atoms with van der Waals surface area (Å²) in [7, 11) is -3.74. The van der Waals surface area contributed by atoms with Crippen molar-refractivity contribution >= 4 is 10.1 Å².